The second-order valence-corrected chi connectivity index (χ2v) is 4.69. The molecule has 2 heterocycles. The van der Waals surface area contributed by atoms with E-state index in [1.165, 1.54) is 6.08 Å². The number of aliphatic hydroxyl groups is 1. The molecule has 2 atom stereocenters. The van der Waals surface area contributed by atoms with E-state index in [2.05, 4.69) is 5.10 Å². The number of ether oxygens (including phenoxy) is 1. The van der Waals surface area contributed by atoms with Crippen molar-refractivity contribution < 1.29 is 14.6 Å². The van der Waals surface area contributed by atoms with Gasteiger partial charge >= 0.3 is 0 Å². The first-order valence-corrected chi connectivity index (χ1v) is 6.31. The van der Waals surface area contributed by atoms with Gasteiger partial charge in [0.2, 0.25) is 5.91 Å². The van der Waals surface area contributed by atoms with Gasteiger partial charge in [0, 0.05) is 25.9 Å². The predicted molar refractivity (Wildman–Crippen MR) is 70.2 cm³/mol. The van der Waals surface area contributed by atoms with Crippen molar-refractivity contribution in [1.29, 1.82) is 0 Å². The lowest BCUT2D eigenvalue weighted by molar-refractivity contribution is -0.140. The van der Waals surface area contributed by atoms with Gasteiger partial charge in [-0.05, 0) is 19.1 Å². The highest BCUT2D eigenvalue weighted by molar-refractivity contribution is 5.91. The first-order chi connectivity index (χ1) is 9.11. The lowest BCUT2D eigenvalue weighted by atomic mass is 10.2. The Kier molecular flexibility index (Phi) is 4.34. The van der Waals surface area contributed by atoms with Crippen molar-refractivity contribution in [3.8, 4) is 0 Å². The Hall–Kier alpha value is -1.66. The molecule has 1 aliphatic rings. The molecule has 1 saturated heterocycles. The van der Waals surface area contributed by atoms with Crippen LogP contribution in [0.4, 0.5) is 0 Å². The molecule has 1 N–H and O–H groups in total. The minimum atomic E-state index is -0.287. The topological polar surface area (TPSA) is 67.6 Å². The van der Waals surface area contributed by atoms with Crippen LogP contribution in [0.5, 0.6) is 0 Å². The third-order valence-electron chi connectivity index (χ3n) is 3.25. The van der Waals surface area contributed by atoms with Gasteiger partial charge in [0.15, 0.2) is 0 Å². The molecule has 6 heteroatoms. The van der Waals surface area contributed by atoms with E-state index in [0.29, 0.717) is 13.2 Å². The van der Waals surface area contributed by atoms with Gasteiger partial charge in [-0.15, -0.1) is 0 Å². The number of morpholine rings is 1. The summed E-state index contributed by atoms with van der Waals surface area (Å²) in [5.74, 6) is -0.0737. The Morgan fingerprint density at radius 1 is 1.68 bits per heavy atom. The van der Waals surface area contributed by atoms with Crippen LogP contribution in [0.1, 0.15) is 12.6 Å². The van der Waals surface area contributed by atoms with Crippen molar-refractivity contribution in [1.82, 2.24) is 14.7 Å². The van der Waals surface area contributed by atoms with Crippen molar-refractivity contribution in [3.63, 3.8) is 0 Å². The smallest absolute Gasteiger partial charge is 0.247 e. The maximum Gasteiger partial charge on any atom is 0.247 e. The minimum Gasteiger partial charge on any atom is -0.394 e. The molecular formula is C13H19N3O3. The molecule has 0 aromatic carbocycles. The van der Waals surface area contributed by atoms with Gasteiger partial charge in [0.1, 0.15) is 0 Å². The Morgan fingerprint density at radius 2 is 2.47 bits per heavy atom. The summed E-state index contributed by atoms with van der Waals surface area (Å²) in [6, 6.07) is 1.86. The average Bonchev–Trinajstić information content (AvgIpc) is 2.82. The molecule has 0 aliphatic carbocycles. The van der Waals surface area contributed by atoms with Crippen LogP contribution in [0.2, 0.25) is 0 Å². The van der Waals surface area contributed by atoms with Gasteiger partial charge < -0.3 is 14.7 Å². The van der Waals surface area contributed by atoms with E-state index in [-0.39, 0.29) is 24.7 Å². The zero-order valence-corrected chi connectivity index (χ0v) is 11.2. The van der Waals surface area contributed by atoms with Crippen molar-refractivity contribution in [3.05, 3.63) is 24.0 Å². The van der Waals surface area contributed by atoms with Crippen molar-refractivity contribution in [2.75, 3.05) is 19.8 Å². The van der Waals surface area contributed by atoms with Crippen LogP contribution in [0.15, 0.2) is 18.3 Å². The Morgan fingerprint density at radius 3 is 3.11 bits per heavy atom. The molecule has 1 aliphatic heterocycles. The van der Waals surface area contributed by atoms with Crippen LogP contribution in [0.3, 0.4) is 0 Å². The van der Waals surface area contributed by atoms with E-state index in [1.54, 1.807) is 21.9 Å². The molecule has 1 aromatic rings. The third kappa shape index (κ3) is 3.21. The molecule has 0 radical (unpaired) electrons. The molecule has 1 fully saturated rings. The van der Waals surface area contributed by atoms with E-state index in [0.717, 1.165) is 5.69 Å². The van der Waals surface area contributed by atoms with Crippen LogP contribution in [0.25, 0.3) is 6.08 Å². The quantitative estimate of drug-likeness (QED) is 0.784. The molecule has 1 amide bonds. The summed E-state index contributed by atoms with van der Waals surface area (Å²) in [5, 5.41) is 13.1. The number of hydrogen-bond acceptors (Lipinski definition) is 4. The molecule has 104 valence electrons. The van der Waals surface area contributed by atoms with Gasteiger partial charge in [-0.25, -0.2) is 0 Å². The van der Waals surface area contributed by atoms with Crippen molar-refractivity contribution >= 4 is 12.0 Å². The normalized spacial score (nSPS) is 24.1. The van der Waals surface area contributed by atoms with Crippen LogP contribution in [-0.2, 0) is 16.6 Å². The van der Waals surface area contributed by atoms with Crippen LogP contribution in [0, 0.1) is 0 Å². The largest absolute Gasteiger partial charge is 0.394 e. The number of carbonyl (C=O) groups is 1. The Labute approximate surface area is 112 Å². The van der Waals surface area contributed by atoms with E-state index in [9.17, 15) is 4.79 Å². The summed E-state index contributed by atoms with van der Waals surface area (Å²) < 4.78 is 7.10. The number of hydrogen-bond donors (Lipinski definition) is 1. The predicted octanol–water partition coefficient (Wildman–Crippen LogP) is 0.0415. The van der Waals surface area contributed by atoms with E-state index >= 15 is 0 Å². The van der Waals surface area contributed by atoms with E-state index < -0.39 is 0 Å². The van der Waals surface area contributed by atoms with Gasteiger partial charge in [0.05, 0.1) is 31.1 Å². The van der Waals surface area contributed by atoms with E-state index in [4.69, 9.17) is 9.84 Å². The summed E-state index contributed by atoms with van der Waals surface area (Å²) in [7, 11) is 1.82. The fourth-order valence-corrected chi connectivity index (χ4v) is 2.04. The molecule has 0 saturated carbocycles. The summed E-state index contributed by atoms with van der Waals surface area (Å²) >= 11 is 0. The summed E-state index contributed by atoms with van der Waals surface area (Å²) in [5.41, 5.74) is 0.868. The highest BCUT2D eigenvalue weighted by atomic mass is 16.5. The number of carbonyl (C=O) groups excluding carboxylic acids is 1. The zero-order chi connectivity index (χ0) is 13.8. The fraction of sp³-hybridized carbons (Fsp3) is 0.538. The number of nitrogens with zero attached hydrogens (tertiary/aromatic N) is 3. The summed E-state index contributed by atoms with van der Waals surface area (Å²) in [6.07, 6.45) is 4.67. The lowest BCUT2D eigenvalue weighted by Gasteiger charge is -2.36. The summed E-state index contributed by atoms with van der Waals surface area (Å²) in [6.45, 7) is 2.74. The lowest BCUT2D eigenvalue weighted by Crippen LogP contribution is -2.51. The van der Waals surface area contributed by atoms with Gasteiger partial charge in [-0.2, -0.15) is 5.10 Å². The van der Waals surface area contributed by atoms with Crippen LogP contribution >= 0.6 is 0 Å². The summed E-state index contributed by atoms with van der Waals surface area (Å²) in [4.78, 5) is 13.9. The van der Waals surface area contributed by atoms with Gasteiger partial charge in [-0.3, -0.25) is 9.48 Å². The maximum absolute atomic E-state index is 12.1. The number of aromatic nitrogens is 2. The van der Waals surface area contributed by atoms with Crippen LogP contribution < -0.4 is 0 Å². The van der Waals surface area contributed by atoms with Crippen molar-refractivity contribution in [2.24, 2.45) is 7.05 Å². The fourth-order valence-electron chi connectivity index (χ4n) is 2.04. The second kappa shape index (κ2) is 5.99. The minimum absolute atomic E-state index is 0.0199. The molecular weight excluding hydrogens is 246 g/mol. The van der Waals surface area contributed by atoms with Crippen molar-refractivity contribution in [2.45, 2.75) is 19.1 Å². The first-order valence-electron chi connectivity index (χ1n) is 6.31. The standard InChI is InChI=1S/C13H19N3O3/c1-10-9-19-12(8-17)7-16(10)13(18)4-3-11-5-6-14-15(11)2/h3-6,10,12,17H,7-9H2,1-2H3/b4-3+. The molecule has 1 aromatic heterocycles. The number of aryl methyl sites for hydroxylation is 1. The first kappa shape index (κ1) is 13.8. The molecule has 2 rings (SSSR count). The Bertz CT molecular complexity index is 469. The van der Waals surface area contributed by atoms with Crippen LogP contribution in [-0.4, -0.2) is 57.6 Å². The average molecular weight is 265 g/mol. The molecule has 0 bridgehead atoms. The zero-order valence-electron chi connectivity index (χ0n) is 11.2. The number of amides is 1. The molecule has 6 nitrogen and oxygen atoms in total. The maximum atomic E-state index is 12.1. The monoisotopic (exact) mass is 265 g/mol. The van der Waals surface area contributed by atoms with E-state index in [1.807, 2.05) is 20.0 Å². The second-order valence-electron chi connectivity index (χ2n) is 4.69. The van der Waals surface area contributed by atoms with Gasteiger partial charge in [-0.1, -0.05) is 0 Å². The Balaban J connectivity index is 2.02. The number of rotatable bonds is 3. The molecule has 2 unspecified atom stereocenters. The van der Waals surface area contributed by atoms with Gasteiger partial charge in [0.25, 0.3) is 0 Å². The highest BCUT2D eigenvalue weighted by Crippen LogP contribution is 2.12. The molecule has 0 spiro atoms. The highest BCUT2D eigenvalue weighted by Gasteiger charge is 2.27. The molecule has 19 heavy (non-hydrogen) atoms. The third-order valence-corrected chi connectivity index (χ3v) is 3.25. The number of aliphatic hydroxyl groups excluding tert-OH is 1. The SMILES string of the molecule is CC1COC(CO)CN1C(=O)/C=C/c1ccnn1C.